The summed E-state index contributed by atoms with van der Waals surface area (Å²) in [6, 6.07) is 5.15. The lowest BCUT2D eigenvalue weighted by Gasteiger charge is -2.27. The molecule has 1 aliphatic carbocycles. The molecule has 0 heterocycles. The van der Waals surface area contributed by atoms with E-state index in [1.807, 2.05) is 6.07 Å². The van der Waals surface area contributed by atoms with E-state index in [2.05, 4.69) is 22.9 Å². The van der Waals surface area contributed by atoms with E-state index in [4.69, 9.17) is 0 Å². The molecule has 0 N–H and O–H groups in total. The summed E-state index contributed by atoms with van der Waals surface area (Å²) in [4.78, 5) is 0.610. The Morgan fingerprint density at radius 1 is 1.33 bits per heavy atom. The first-order valence-electron chi connectivity index (χ1n) is 5.57. The van der Waals surface area contributed by atoms with Crippen molar-refractivity contribution in [1.82, 2.24) is 0 Å². The van der Waals surface area contributed by atoms with Gasteiger partial charge in [-0.1, -0.05) is 28.4 Å². The first-order valence-corrected chi connectivity index (χ1v) is 6.48. The van der Waals surface area contributed by atoms with Gasteiger partial charge in [-0.05, 0) is 55.4 Å². The molecule has 0 radical (unpaired) electrons. The molecule has 1 fully saturated rings. The average Bonchev–Trinajstić information content (AvgIpc) is 2.22. The minimum atomic E-state index is -0.104. The predicted molar refractivity (Wildman–Crippen MR) is 65.1 cm³/mol. The normalized spacial score (nSPS) is 26.6. The summed E-state index contributed by atoms with van der Waals surface area (Å²) < 4.78 is 13.2. The first-order chi connectivity index (χ1) is 7.16. The van der Waals surface area contributed by atoms with Crippen LogP contribution >= 0.6 is 15.9 Å². The number of benzene rings is 1. The van der Waals surface area contributed by atoms with E-state index in [1.54, 1.807) is 12.1 Å². The molecular formula is C13H16BrF. The molecule has 1 aromatic carbocycles. The minimum absolute atomic E-state index is 0.104. The van der Waals surface area contributed by atoms with Crippen LogP contribution in [0, 0.1) is 12.7 Å². The second-order valence-electron chi connectivity index (χ2n) is 4.46. The van der Waals surface area contributed by atoms with Gasteiger partial charge in [-0.2, -0.15) is 0 Å². The Balaban J connectivity index is 2.24. The van der Waals surface area contributed by atoms with E-state index in [1.165, 1.54) is 30.4 Å². The van der Waals surface area contributed by atoms with Gasteiger partial charge in [0.25, 0.3) is 0 Å². The lowest BCUT2D eigenvalue weighted by Crippen LogP contribution is -2.14. The van der Waals surface area contributed by atoms with Gasteiger partial charge in [0.2, 0.25) is 0 Å². The summed E-state index contributed by atoms with van der Waals surface area (Å²) in [5.74, 6) is 0.436. The quantitative estimate of drug-likeness (QED) is 0.657. The molecular weight excluding hydrogens is 255 g/mol. The molecule has 2 heteroatoms. The lowest BCUT2D eigenvalue weighted by molar-refractivity contribution is 0.455. The van der Waals surface area contributed by atoms with Gasteiger partial charge in [-0.3, -0.25) is 0 Å². The van der Waals surface area contributed by atoms with Gasteiger partial charge in [0, 0.05) is 4.83 Å². The van der Waals surface area contributed by atoms with E-state index < -0.39 is 0 Å². The third-order valence-electron chi connectivity index (χ3n) is 3.29. The summed E-state index contributed by atoms with van der Waals surface area (Å²) >= 11 is 3.68. The smallest absolute Gasteiger partial charge is 0.123 e. The van der Waals surface area contributed by atoms with Crippen molar-refractivity contribution in [2.45, 2.75) is 43.4 Å². The van der Waals surface area contributed by atoms with Crippen molar-refractivity contribution in [3.8, 4) is 0 Å². The minimum Gasteiger partial charge on any atom is -0.207 e. The van der Waals surface area contributed by atoms with Gasteiger partial charge in [-0.15, -0.1) is 0 Å². The zero-order valence-electron chi connectivity index (χ0n) is 8.97. The highest BCUT2D eigenvalue weighted by Gasteiger charge is 2.22. The standard InChI is InChI=1S/C13H16BrF/c1-9-5-6-12(15)8-13(9)10-3-2-4-11(14)7-10/h5-6,8,10-11H,2-4,7H2,1H3. The van der Waals surface area contributed by atoms with Crippen molar-refractivity contribution in [2.24, 2.45) is 0 Å². The summed E-state index contributed by atoms with van der Waals surface area (Å²) in [7, 11) is 0. The average molecular weight is 271 g/mol. The Kier molecular flexibility index (Phi) is 3.45. The number of rotatable bonds is 1. The van der Waals surface area contributed by atoms with E-state index >= 15 is 0 Å². The van der Waals surface area contributed by atoms with Gasteiger partial charge in [0.05, 0.1) is 0 Å². The van der Waals surface area contributed by atoms with Crippen molar-refractivity contribution in [2.75, 3.05) is 0 Å². The maximum Gasteiger partial charge on any atom is 0.123 e. The summed E-state index contributed by atoms with van der Waals surface area (Å²) in [5.41, 5.74) is 2.43. The monoisotopic (exact) mass is 270 g/mol. The molecule has 2 rings (SSSR count). The Morgan fingerprint density at radius 3 is 2.87 bits per heavy atom. The highest BCUT2D eigenvalue weighted by atomic mass is 79.9. The van der Waals surface area contributed by atoms with Crippen LogP contribution in [0.15, 0.2) is 18.2 Å². The lowest BCUT2D eigenvalue weighted by atomic mass is 9.82. The van der Waals surface area contributed by atoms with Crippen molar-refractivity contribution in [3.63, 3.8) is 0 Å². The fourth-order valence-electron chi connectivity index (χ4n) is 2.46. The van der Waals surface area contributed by atoms with Gasteiger partial charge in [0.15, 0.2) is 0 Å². The van der Waals surface area contributed by atoms with Crippen LogP contribution < -0.4 is 0 Å². The van der Waals surface area contributed by atoms with Crippen LogP contribution in [0.2, 0.25) is 0 Å². The Morgan fingerprint density at radius 2 is 2.13 bits per heavy atom. The van der Waals surface area contributed by atoms with Crippen LogP contribution in [0.4, 0.5) is 4.39 Å². The van der Waals surface area contributed by atoms with Gasteiger partial charge >= 0.3 is 0 Å². The topological polar surface area (TPSA) is 0 Å². The Hall–Kier alpha value is -0.370. The highest BCUT2D eigenvalue weighted by Crippen LogP contribution is 2.37. The van der Waals surface area contributed by atoms with Crippen molar-refractivity contribution < 1.29 is 4.39 Å². The van der Waals surface area contributed by atoms with Crippen LogP contribution in [-0.2, 0) is 0 Å². The Labute approximate surface area is 99.0 Å². The molecule has 0 aliphatic heterocycles. The molecule has 2 unspecified atom stereocenters. The van der Waals surface area contributed by atoms with Gasteiger partial charge in [-0.25, -0.2) is 4.39 Å². The van der Waals surface area contributed by atoms with Crippen LogP contribution in [0.5, 0.6) is 0 Å². The van der Waals surface area contributed by atoms with Crippen molar-refractivity contribution in [1.29, 1.82) is 0 Å². The van der Waals surface area contributed by atoms with Crippen molar-refractivity contribution in [3.05, 3.63) is 35.1 Å². The highest BCUT2D eigenvalue weighted by molar-refractivity contribution is 9.09. The second kappa shape index (κ2) is 4.65. The molecule has 0 amide bonds. The van der Waals surface area contributed by atoms with Gasteiger partial charge < -0.3 is 0 Å². The number of aryl methyl sites for hydroxylation is 1. The first kappa shape index (κ1) is 11.1. The molecule has 2 atom stereocenters. The Bertz CT molecular complexity index is 348. The fraction of sp³-hybridized carbons (Fsp3) is 0.538. The van der Waals surface area contributed by atoms with Crippen molar-refractivity contribution >= 4 is 15.9 Å². The van der Waals surface area contributed by atoms with Crippen LogP contribution in [-0.4, -0.2) is 4.83 Å². The summed E-state index contributed by atoms with van der Waals surface area (Å²) in [6.45, 7) is 2.08. The number of halogens is 2. The molecule has 1 aromatic rings. The number of alkyl halides is 1. The molecule has 0 spiro atoms. The molecule has 1 saturated carbocycles. The molecule has 0 nitrogen and oxygen atoms in total. The molecule has 0 aromatic heterocycles. The molecule has 0 bridgehead atoms. The van der Waals surface area contributed by atoms with E-state index in [-0.39, 0.29) is 5.82 Å². The molecule has 82 valence electrons. The SMILES string of the molecule is Cc1ccc(F)cc1C1CCCC(Br)C1. The summed E-state index contributed by atoms with van der Waals surface area (Å²) in [5, 5.41) is 0. The van der Waals surface area contributed by atoms with E-state index in [9.17, 15) is 4.39 Å². The molecule has 1 aliphatic rings. The maximum absolute atomic E-state index is 13.2. The fourth-order valence-corrected chi connectivity index (χ4v) is 3.24. The number of hydrogen-bond acceptors (Lipinski definition) is 0. The maximum atomic E-state index is 13.2. The van der Waals surface area contributed by atoms with Crippen LogP contribution in [0.25, 0.3) is 0 Å². The third-order valence-corrected chi connectivity index (χ3v) is 4.12. The zero-order chi connectivity index (χ0) is 10.8. The zero-order valence-corrected chi connectivity index (χ0v) is 10.6. The van der Waals surface area contributed by atoms with Crippen LogP contribution in [0.1, 0.15) is 42.7 Å². The van der Waals surface area contributed by atoms with E-state index in [0.29, 0.717) is 10.7 Å². The molecule has 15 heavy (non-hydrogen) atoms. The predicted octanol–water partition coefficient (Wildman–Crippen LogP) is 4.56. The third kappa shape index (κ3) is 2.60. The summed E-state index contributed by atoms with van der Waals surface area (Å²) in [6.07, 6.45) is 4.85. The largest absolute Gasteiger partial charge is 0.207 e. The van der Waals surface area contributed by atoms with E-state index in [0.717, 1.165) is 6.42 Å². The second-order valence-corrected chi connectivity index (χ2v) is 5.76. The number of hydrogen-bond donors (Lipinski definition) is 0. The van der Waals surface area contributed by atoms with Crippen LogP contribution in [0.3, 0.4) is 0 Å². The van der Waals surface area contributed by atoms with Gasteiger partial charge in [0.1, 0.15) is 5.82 Å². The molecule has 0 saturated heterocycles.